The maximum absolute atomic E-state index is 12.7. The first-order chi connectivity index (χ1) is 17.8. The number of amides is 2. The molecule has 9 heteroatoms. The Morgan fingerprint density at radius 1 is 0.838 bits per heavy atom. The SMILES string of the molecule is CN1CCN(C(=O)C/C=C/c2c(CCCC(=O)N3CCN(C)CC3)c(O)c3cccc(O)c3c2O)CC1. The van der Waals surface area contributed by atoms with Crippen molar-refractivity contribution in [3.8, 4) is 17.2 Å². The molecule has 37 heavy (non-hydrogen) atoms. The molecule has 2 amide bonds. The van der Waals surface area contributed by atoms with Crippen LogP contribution in [0.4, 0.5) is 0 Å². The Kier molecular flexibility index (Phi) is 8.56. The second kappa shape index (κ2) is 11.8. The van der Waals surface area contributed by atoms with E-state index in [0.717, 1.165) is 26.2 Å². The molecule has 2 aromatic carbocycles. The van der Waals surface area contributed by atoms with Gasteiger partial charge in [0, 0.05) is 81.7 Å². The van der Waals surface area contributed by atoms with Crippen LogP contribution in [0.2, 0.25) is 0 Å². The zero-order chi connectivity index (χ0) is 26.5. The Morgan fingerprint density at radius 3 is 2.05 bits per heavy atom. The number of piperazine rings is 2. The van der Waals surface area contributed by atoms with Gasteiger partial charge in [-0.2, -0.15) is 0 Å². The van der Waals surface area contributed by atoms with E-state index in [-0.39, 0.29) is 40.9 Å². The van der Waals surface area contributed by atoms with Crippen LogP contribution in [0.15, 0.2) is 24.3 Å². The van der Waals surface area contributed by atoms with Gasteiger partial charge in [-0.3, -0.25) is 9.59 Å². The van der Waals surface area contributed by atoms with Gasteiger partial charge >= 0.3 is 0 Å². The van der Waals surface area contributed by atoms with Crippen LogP contribution < -0.4 is 0 Å². The van der Waals surface area contributed by atoms with E-state index in [1.54, 1.807) is 24.3 Å². The number of likely N-dealkylation sites (N-methyl/N-ethyl adjacent to an activating group) is 2. The number of phenolic OH excluding ortho intramolecular Hbond substituents is 3. The summed E-state index contributed by atoms with van der Waals surface area (Å²) in [5.41, 5.74) is 0.870. The molecule has 2 aromatic rings. The molecule has 2 saturated heterocycles. The largest absolute Gasteiger partial charge is 0.507 e. The molecule has 0 saturated carbocycles. The molecule has 2 aliphatic rings. The second-order valence-corrected chi connectivity index (χ2v) is 10.1. The van der Waals surface area contributed by atoms with Gasteiger partial charge in [-0.1, -0.05) is 24.3 Å². The molecule has 0 aliphatic carbocycles. The lowest BCUT2D eigenvalue weighted by Gasteiger charge is -2.32. The van der Waals surface area contributed by atoms with Gasteiger partial charge in [-0.15, -0.1) is 0 Å². The highest BCUT2D eigenvalue weighted by Crippen LogP contribution is 2.44. The predicted molar refractivity (Wildman–Crippen MR) is 144 cm³/mol. The number of carbonyl (C=O) groups excluding carboxylic acids is 2. The quantitative estimate of drug-likeness (QED) is 0.491. The molecule has 0 radical (unpaired) electrons. The third-order valence-corrected chi connectivity index (χ3v) is 7.51. The summed E-state index contributed by atoms with van der Waals surface area (Å²) < 4.78 is 0. The molecule has 0 spiro atoms. The molecule has 0 aromatic heterocycles. The van der Waals surface area contributed by atoms with Crippen molar-refractivity contribution in [2.75, 3.05) is 66.5 Å². The van der Waals surface area contributed by atoms with E-state index in [0.29, 0.717) is 62.0 Å². The molecule has 0 atom stereocenters. The molecular formula is C28H38N4O5. The zero-order valence-electron chi connectivity index (χ0n) is 21.8. The number of aromatic hydroxyl groups is 3. The van der Waals surface area contributed by atoms with Crippen molar-refractivity contribution in [3.63, 3.8) is 0 Å². The van der Waals surface area contributed by atoms with Crippen molar-refractivity contribution < 1.29 is 24.9 Å². The number of rotatable bonds is 7. The number of hydrogen-bond donors (Lipinski definition) is 3. The maximum atomic E-state index is 12.7. The van der Waals surface area contributed by atoms with Gasteiger partial charge in [0.15, 0.2) is 0 Å². The van der Waals surface area contributed by atoms with E-state index in [2.05, 4.69) is 9.80 Å². The van der Waals surface area contributed by atoms with Crippen LogP contribution >= 0.6 is 0 Å². The molecule has 2 heterocycles. The zero-order valence-corrected chi connectivity index (χ0v) is 21.8. The van der Waals surface area contributed by atoms with E-state index in [9.17, 15) is 24.9 Å². The highest BCUT2D eigenvalue weighted by molar-refractivity contribution is 6.01. The first-order valence-corrected chi connectivity index (χ1v) is 13.0. The van der Waals surface area contributed by atoms with Crippen LogP contribution in [0.25, 0.3) is 16.8 Å². The fourth-order valence-corrected chi connectivity index (χ4v) is 5.08. The number of benzene rings is 2. The van der Waals surface area contributed by atoms with Crippen LogP contribution in [0, 0.1) is 0 Å². The summed E-state index contributed by atoms with van der Waals surface area (Å²) >= 11 is 0. The molecule has 9 nitrogen and oxygen atoms in total. The lowest BCUT2D eigenvalue weighted by Crippen LogP contribution is -2.47. The summed E-state index contributed by atoms with van der Waals surface area (Å²) in [6, 6.07) is 4.72. The predicted octanol–water partition coefficient (Wildman–Crippen LogP) is 2.23. The minimum atomic E-state index is -0.144. The molecule has 200 valence electrons. The Hall–Kier alpha value is -3.30. The Labute approximate surface area is 218 Å². The average Bonchev–Trinajstić information content (AvgIpc) is 2.88. The van der Waals surface area contributed by atoms with Gasteiger partial charge in [0.25, 0.3) is 0 Å². The average molecular weight is 511 g/mol. The van der Waals surface area contributed by atoms with E-state index in [1.807, 2.05) is 23.9 Å². The van der Waals surface area contributed by atoms with Gasteiger partial charge < -0.3 is 34.9 Å². The maximum Gasteiger partial charge on any atom is 0.226 e. The van der Waals surface area contributed by atoms with E-state index in [4.69, 9.17) is 0 Å². The van der Waals surface area contributed by atoms with Crippen LogP contribution in [-0.4, -0.2) is 113 Å². The van der Waals surface area contributed by atoms with Gasteiger partial charge in [0.05, 0.1) is 5.39 Å². The molecule has 3 N–H and O–H groups in total. The van der Waals surface area contributed by atoms with E-state index >= 15 is 0 Å². The van der Waals surface area contributed by atoms with Gasteiger partial charge in [-0.05, 0) is 33.0 Å². The second-order valence-electron chi connectivity index (χ2n) is 10.1. The topological polar surface area (TPSA) is 108 Å². The van der Waals surface area contributed by atoms with Gasteiger partial charge in [0.1, 0.15) is 17.2 Å². The van der Waals surface area contributed by atoms with Crippen LogP contribution in [0.3, 0.4) is 0 Å². The van der Waals surface area contributed by atoms with E-state index in [1.165, 1.54) is 6.07 Å². The number of phenols is 3. The highest BCUT2D eigenvalue weighted by Gasteiger charge is 2.22. The molecular weight excluding hydrogens is 472 g/mol. The van der Waals surface area contributed by atoms with Crippen molar-refractivity contribution >= 4 is 28.7 Å². The Balaban J connectivity index is 1.52. The van der Waals surface area contributed by atoms with Crippen LogP contribution in [0.1, 0.15) is 30.4 Å². The Morgan fingerprint density at radius 2 is 1.43 bits per heavy atom. The molecule has 4 rings (SSSR count). The number of carbonyl (C=O) groups is 2. The molecule has 2 aliphatic heterocycles. The molecule has 0 unspecified atom stereocenters. The highest BCUT2D eigenvalue weighted by atomic mass is 16.3. The van der Waals surface area contributed by atoms with Gasteiger partial charge in [0.2, 0.25) is 11.8 Å². The lowest BCUT2D eigenvalue weighted by molar-refractivity contribution is -0.133. The summed E-state index contributed by atoms with van der Waals surface area (Å²) in [5, 5.41) is 33.2. The van der Waals surface area contributed by atoms with Crippen molar-refractivity contribution in [1.29, 1.82) is 0 Å². The van der Waals surface area contributed by atoms with Crippen LogP contribution in [-0.2, 0) is 16.0 Å². The smallest absolute Gasteiger partial charge is 0.226 e. The first-order valence-electron chi connectivity index (χ1n) is 13.0. The summed E-state index contributed by atoms with van der Waals surface area (Å²) in [7, 11) is 4.08. The third kappa shape index (κ3) is 6.17. The minimum absolute atomic E-state index is 0.0102. The summed E-state index contributed by atoms with van der Waals surface area (Å²) in [6.45, 7) is 6.19. The monoisotopic (exact) mass is 510 g/mol. The molecule has 0 bridgehead atoms. The summed E-state index contributed by atoms with van der Waals surface area (Å²) in [4.78, 5) is 33.5. The number of fused-ring (bicyclic) bond motifs is 1. The minimum Gasteiger partial charge on any atom is -0.507 e. The van der Waals surface area contributed by atoms with Crippen LogP contribution in [0.5, 0.6) is 17.2 Å². The summed E-state index contributed by atoms with van der Waals surface area (Å²) in [5.74, 6) is -0.207. The summed E-state index contributed by atoms with van der Waals surface area (Å²) in [6.07, 6.45) is 4.73. The first kappa shape index (κ1) is 26.8. The van der Waals surface area contributed by atoms with Crippen molar-refractivity contribution in [1.82, 2.24) is 19.6 Å². The Bertz CT molecular complexity index is 1170. The number of nitrogens with zero attached hydrogens (tertiary/aromatic N) is 4. The van der Waals surface area contributed by atoms with Crippen molar-refractivity contribution in [2.45, 2.75) is 25.7 Å². The van der Waals surface area contributed by atoms with Crippen molar-refractivity contribution in [2.24, 2.45) is 0 Å². The van der Waals surface area contributed by atoms with Crippen molar-refractivity contribution in [3.05, 3.63) is 35.4 Å². The number of hydrogen-bond acceptors (Lipinski definition) is 7. The fourth-order valence-electron chi connectivity index (χ4n) is 5.08. The van der Waals surface area contributed by atoms with Gasteiger partial charge in [-0.25, -0.2) is 0 Å². The normalized spacial score (nSPS) is 17.7. The standard InChI is InChI=1S/C28H38N4O5/c1-29-12-16-31(17-13-29)24(34)10-4-6-20-21(7-5-11-25(35)32-18-14-30(2)15-19-32)28(37)26-22(27(20)36)8-3-9-23(26)33/h3,5,7-9,33,36-37H,4,6,10-19H2,1-2H3/b7-5+. The molecule has 2 fully saturated rings. The lowest BCUT2D eigenvalue weighted by atomic mass is 9.93. The fraction of sp³-hybridized carbons (Fsp3) is 0.500. The van der Waals surface area contributed by atoms with E-state index < -0.39 is 0 Å². The third-order valence-electron chi connectivity index (χ3n) is 7.51.